The minimum absolute atomic E-state index is 0.212. The molecule has 4 heterocycles. The van der Waals surface area contributed by atoms with Crippen LogP contribution in [0.5, 0.6) is 0 Å². The van der Waals surface area contributed by atoms with Crippen LogP contribution in [0.2, 0.25) is 0 Å². The summed E-state index contributed by atoms with van der Waals surface area (Å²) in [4.78, 5) is 23.6. The van der Waals surface area contributed by atoms with Crippen LogP contribution in [-0.2, 0) is 23.1 Å². The van der Waals surface area contributed by atoms with Gasteiger partial charge >= 0.3 is 0 Å². The largest absolute Gasteiger partial charge is 0.483 e. The lowest BCUT2D eigenvalue weighted by molar-refractivity contribution is -0.205. The molecule has 4 rings (SSSR count). The zero-order valence-corrected chi connectivity index (χ0v) is 19.4. The van der Waals surface area contributed by atoms with Crippen LogP contribution in [0.15, 0.2) is 36.8 Å². The highest BCUT2D eigenvalue weighted by Gasteiger charge is 2.53. The van der Waals surface area contributed by atoms with Gasteiger partial charge in [0.1, 0.15) is 11.8 Å². The molecule has 0 unspecified atom stereocenters. The minimum atomic E-state index is -0.752. The molecule has 0 bridgehead atoms. The molecular formula is C23H35N5O5. The van der Waals surface area contributed by atoms with Gasteiger partial charge in [-0.15, -0.1) is 0 Å². The first-order valence-electron chi connectivity index (χ1n) is 11.4. The van der Waals surface area contributed by atoms with E-state index >= 15 is 0 Å². The molecule has 0 saturated carbocycles. The molecule has 2 atom stereocenters. The highest BCUT2D eigenvalue weighted by Crippen LogP contribution is 2.40. The first-order chi connectivity index (χ1) is 15.8. The van der Waals surface area contributed by atoms with Crippen molar-refractivity contribution in [2.45, 2.75) is 56.4 Å². The lowest BCUT2D eigenvalue weighted by Gasteiger charge is -2.53. The van der Waals surface area contributed by atoms with Gasteiger partial charge in [0.05, 0.1) is 11.1 Å². The number of likely N-dealkylation sites (tertiary alicyclic amines) is 1. The Morgan fingerprint density at radius 3 is 2.55 bits per heavy atom. The number of ether oxygens (including phenoxy) is 1. The van der Waals surface area contributed by atoms with E-state index in [4.69, 9.17) is 14.6 Å². The number of aryl methyl sites for hydroxylation is 2. The molecule has 3 N–H and O–H groups in total. The maximum Gasteiger partial charge on any atom is 0.290 e. The van der Waals surface area contributed by atoms with Gasteiger partial charge in [-0.1, -0.05) is 0 Å². The lowest BCUT2D eigenvalue weighted by Crippen LogP contribution is -2.69. The number of carbonyl (C=O) groups is 2. The molecule has 0 aromatic carbocycles. The number of aliphatic hydroxyl groups is 1. The molecule has 10 heteroatoms. The van der Waals surface area contributed by atoms with Gasteiger partial charge in [-0.25, -0.2) is 0 Å². The predicted molar refractivity (Wildman–Crippen MR) is 122 cm³/mol. The Kier molecular flexibility index (Phi) is 8.28. The zero-order chi connectivity index (χ0) is 23.9. The summed E-state index contributed by atoms with van der Waals surface area (Å²) in [7, 11) is 1.74. The van der Waals surface area contributed by atoms with Gasteiger partial charge in [0.15, 0.2) is 0 Å². The summed E-state index contributed by atoms with van der Waals surface area (Å²) < 4.78 is 9.92. The normalized spacial score (nSPS) is 24.6. The molecule has 1 spiro atoms. The van der Waals surface area contributed by atoms with E-state index in [1.54, 1.807) is 24.0 Å². The topological polar surface area (TPSA) is 122 Å². The maximum absolute atomic E-state index is 12.8. The molecule has 2 aromatic rings. The Balaban J connectivity index is 0.000000968. The second-order valence-corrected chi connectivity index (χ2v) is 9.00. The van der Waals surface area contributed by atoms with E-state index in [1.807, 2.05) is 6.92 Å². The molecule has 1 amide bonds. The smallest absolute Gasteiger partial charge is 0.290 e. The standard InChI is InChI=1S/C22H33N5O3.CH2O2/c1-21(24-19(28)18-6-10-23-25(18)2)9-17-30-22(20(21)29)7-15-27(16-8-22)14-5-13-26-11-3-4-12-26;2-1-3/h3-4,6,10-12,20,29H,5,7-9,13-17H2,1-2H3,(H,24,28);1H,(H,2,3)/t20-,21+;/m0./s1. The van der Waals surface area contributed by atoms with Crippen molar-refractivity contribution in [1.29, 1.82) is 0 Å². The SMILES string of the molecule is Cn1nccc1C(=O)N[C@]1(C)CCOC2(CCN(CCCn3cccc3)CC2)[C@H]1O.O=CO. The number of hydrogen-bond acceptors (Lipinski definition) is 6. The quantitative estimate of drug-likeness (QED) is 0.551. The van der Waals surface area contributed by atoms with E-state index in [-0.39, 0.29) is 12.4 Å². The fraction of sp³-hybridized carbons (Fsp3) is 0.609. The number of nitrogens with one attached hydrogen (secondary N) is 1. The number of piperidine rings is 1. The molecular weight excluding hydrogens is 426 g/mol. The molecule has 2 aromatic heterocycles. The predicted octanol–water partition coefficient (Wildman–Crippen LogP) is 1.12. The van der Waals surface area contributed by atoms with E-state index < -0.39 is 17.2 Å². The summed E-state index contributed by atoms with van der Waals surface area (Å²) in [5.74, 6) is -0.212. The Bertz CT molecular complexity index is 891. The van der Waals surface area contributed by atoms with Gasteiger partial charge in [-0.05, 0) is 57.4 Å². The minimum Gasteiger partial charge on any atom is -0.483 e. The van der Waals surface area contributed by atoms with Gasteiger partial charge in [-0.3, -0.25) is 14.3 Å². The fourth-order valence-corrected chi connectivity index (χ4v) is 4.88. The third-order valence-electron chi connectivity index (χ3n) is 6.82. The van der Waals surface area contributed by atoms with Gasteiger partial charge < -0.3 is 29.7 Å². The number of nitrogens with zero attached hydrogens (tertiary/aromatic N) is 4. The zero-order valence-electron chi connectivity index (χ0n) is 19.4. The third kappa shape index (κ3) is 5.82. The van der Waals surface area contributed by atoms with Crippen LogP contribution in [0.1, 0.15) is 43.1 Å². The molecule has 33 heavy (non-hydrogen) atoms. The number of hydrogen-bond donors (Lipinski definition) is 3. The van der Waals surface area contributed by atoms with Crippen molar-refractivity contribution < 1.29 is 24.5 Å². The Labute approximate surface area is 194 Å². The van der Waals surface area contributed by atoms with Crippen molar-refractivity contribution in [3.05, 3.63) is 42.5 Å². The third-order valence-corrected chi connectivity index (χ3v) is 6.82. The Morgan fingerprint density at radius 2 is 1.94 bits per heavy atom. The summed E-state index contributed by atoms with van der Waals surface area (Å²) in [6.07, 6.45) is 8.27. The average Bonchev–Trinajstić information content (AvgIpc) is 3.46. The molecule has 182 valence electrons. The van der Waals surface area contributed by atoms with Crippen LogP contribution in [0.4, 0.5) is 0 Å². The maximum atomic E-state index is 12.8. The van der Waals surface area contributed by atoms with Crippen LogP contribution in [0.3, 0.4) is 0 Å². The van der Waals surface area contributed by atoms with E-state index in [0.717, 1.165) is 45.4 Å². The average molecular weight is 462 g/mol. The molecule has 10 nitrogen and oxygen atoms in total. The summed E-state index contributed by atoms with van der Waals surface area (Å²) in [6.45, 7) is 6.07. The van der Waals surface area contributed by atoms with Gasteiger partial charge in [0, 0.05) is 51.9 Å². The van der Waals surface area contributed by atoms with Crippen molar-refractivity contribution in [3.63, 3.8) is 0 Å². The number of aromatic nitrogens is 3. The first kappa shape index (κ1) is 24.9. The number of carboxylic acid groups (broad SMARTS) is 1. The monoisotopic (exact) mass is 461 g/mol. The van der Waals surface area contributed by atoms with Crippen LogP contribution < -0.4 is 5.32 Å². The molecule has 2 aliphatic heterocycles. The second-order valence-electron chi connectivity index (χ2n) is 9.00. The van der Waals surface area contributed by atoms with E-state index in [0.29, 0.717) is 18.7 Å². The summed E-state index contributed by atoms with van der Waals surface area (Å²) >= 11 is 0. The molecule has 2 fully saturated rings. The number of aliphatic hydroxyl groups excluding tert-OH is 1. The van der Waals surface area contributed by atoms with Gasteiger partial charge in [0.25, 0.3) is 12.4 Å². The number of carbonyl (C=O) groups excluding carboxylic acids is 1. The Hall–Kier alpha value is -2.69. The van der Waals surface area contributed by atoms with Crippen molar-refractivity contribution in [1.82, 2.24) is 24.6 Å². The molecule has 0 aliphatic carbocycles. The highest BCUT2D eigenvalue weighted by atomic mass is 16.5. The van der Waals surface area contributed by atoms with Crippen molar-refractivity contribution in [2.75, 3.05) is 26.2 Å². The summed E-state index contributed by atoms with van der Waals surface area (Å²) in [6, 6.07) is 5.79. The van der Waals surface area contributed by atoms with Crippen molar-refractivity contribution >= 4 is 12.4 Å². The lowest BCUT2D eigenvalue weighted by atomic mass is 9.73. The van der Waals surface area contributed by atoms with Gasteiger partial charge in [-0.2, -0.15) is 5.10 Å². The van der Waals surface area contributed by atoms with E-state index in [9.17, 15) is 9.90 Å². The number of rotatable bonds is 6. The van der Waals surface area contributed by atoms with Crippen LogP contribution in [0.25, 0.3) is 0 Å². The first-order valence-corrected chi connectivity index (χ1v) is 11.4. The van der Waals surface area contributed by atoms with Crippen LogP contribution in [-0.4, -0.2) is 85.3 Å². The molecule has 0 radical (unpaired) electrons. The van der Waals surface area contributed by atoms with Crippen molar-refractivity contribution in [2.24, 2.45) is 7.05 Å². The second kappa shape index (κ2) is 11.0. The van der Waals surface area contributed by atoms with Crippen LogP contribution in [0, 0.1) is 0 Å². The Morgan fingerprint density at radius 1 is 1.27 bits per heavy atom. The molecule has 2 saturated heterocycles. The fourth-order valence-electron chi connectivity index (χ4n) is 4.88. The van der Waals surface area contributed by atoms with Crippen molar-refractivity contribution in [3.8, 4) is 0 Å². The number of amides is 1. The van der Waals surface area contributed by atoms with E-state index in [2.05, 4.69) is 44.4 Å². The van der Waals surface area contributed by atoms with E-state index in [1.165, 1.54) is 0 Å². The van der Waals surface area contributed by atoms with Gasteiger partial charge in [0.2, 0.25) is 0 Å². The highest BCUT2D eigenvalue weighted by molar-refractivity contribution is 5.93. The van der Waals surface area contributed by atoms with Crippen LogP contribution >= 0.6 is 0 Å². The summed E-state index contributed by atoms with van der Waals surface area (Å²) in [5.41, 5.74) is -0.832. The summed E-state index contributed by atoms with van der Waals surface area (Å²) in [5, 5.41) is 25.4. The molecule has 2 aliphatic rings.